The van der Waals surface area contributed by atoms with E-state index in [-0.39, 0.29) is 17.4 Å². The average Bonchev–Trinajstić information content (AvgIpc) is 2.15. The molecule has 2 amide bonds. The molecule has 1 saturated heterocycles. The van der Waals surface area contributed by atoms with Crippen LogP contribution in [-0.2, 0) is 4.79 Å². The van der Waals surface area contributed by atoms with E-state index in [9.17, 15) is 9.59 Å². The van der Waals surface area contributed by atoms with Gasteiger partial charge in [0.25, 0.3) is 0 Å². The highest BCUT2D eigenvalue weighted by Crippen LogP contribution is 2.27. The highest BCUT2D eigenvalue weighted by Gasteiger charge is 2.32. The van der Waals surface area contributed by atoms with Crippen LogP contribution in [0.4, 0.5) is 4.79 Å². The molecule has 0 aliphatic carbocycles. The Bertz CT molecular complexity index is 260. The molecule has 2 N–H and O–H groups in total. The van der Waals surface area contributed by atoms with E-state index in [0.717, 1.165) is 12.8 Å². The number of Topliss-reactive ketones (excluding diaryl/α,β-unsaturated/α-hetero) is 1. The molecule has 0 saturated carbocycles. The number of carbonyl (C=O) groups excluding carboxylic acids is 2. The SMILES string of the molecule is CC(C)(C)C(=O)C1CCN(C(N)=O)CC1. The van der Waals surface area contributed by atoms with Gasteiger partial charge in [-0.05, 0) is 12.8 Å². The molecule has 0 radical (unpaired) electrons. The molecule has 4 nitrogen and oxygen atoms in total. The molecule has 0 spiro atoms. The van der Waals surface area contributed by atoms with Gasteiger partial charge in [0.05, 0.1) is 0 Å². The van der Waals surface area contributed by atoms with Crippen molar-refractivity contribution in [2.45, 2.75) is 33.6 Å². The van der Waals surface area contributed by atoms with Crippen LogP contribution in [0.5, 0.6) is 0 Å². The van der Waals surface area contributed by atoms with Crippen molar-refractivity contribution in [2.24, 2.45) is 17.1 Å². The Morgan fingerprint density at radius 1 is 1.20 bits per heavy atom. The molecule has 15 heavy (non-hydrogen) atoms. The molecule has 0 bridgehead atoms. The van der Waals surface area contributed by atoms with E-state index in [2.05, 4.69) is 0 Å². The smallest absolute Gasteiger partial charge is 0.314 e. The molecule has 1 fully saturated rings. The number of ketones is 1. The Labute approximate surface area is 90.8 Å². The minimum Gasteiger partial charge on any atom is -0.351 e. The van der Waals surface area contributed by atoms with Crippen LogP contribution < -0.4 is 5.73 Å². The summed E-state index contributed by atoms with van der Waals surface area (Å²) in [4.78, 5) is 24.5. The van der Waals surface area contributed by atoms with E-state index >= 15 is 0 Å². The summed E-state index contributed by atoms with van der Waals surface area (Å²) < 4.78 is 0. The minimum absolute atomic E-state index is 0.0978. The molecule has 1 heterocycles. The fraction of sp³-hybridized carbons (Fsp3) is 0.818. The maximum Gasteiger partial charge on any atom is 0.314 e. The highest BCUT2D eigenvalue weighted by molar-refractivity contribution is 5.86. The number of primary amides is 1. The van der Waals surface area contributed by atoms with Crippen LogP contribution in [0, 0.1) is 11.3 Å². The fourth-order valence-electron chi connectivity index (χ4n) is 1.97. The molecular weight excluding hydrogens is 192 g/mol. The van der Waals surface area contributed by atoms with Crippen molar-refractivity contribution >= 4 is 11.8 Å². The van der Waals surface area contributed by atoms with Crippen molar-refractivity contribution in [1.29, 1.82) is 0 Å². The zero-order valence-electron chi connectivity index (χ0n) is 9.75. The number of hydrogen-bond acceptors (Lipinski definition) is 2. The summed E-state index contributed by atoms with van der Waals surface area (Å²) in [6.07, 6.45) is 1.50. The van der Waals surface area contributed by atoms with Crippen LogP contribution in [-0.4, -0.2) is 29.8 Å². The van der Waals surface area contributed by atoms with Gasteiger partial charge in [0.2, 0.25) is 0 Å². The van der Waals surface area contributed by atoms with Crippen LogP contribution in [0.25, 0.3) is 0 Å². The second kappa shape index (κ2) is 4.21. The number of carbonyl (C=O) groups is 2. The first-order valence-electron chi connectivity index (χ1n) is 5.41. The van der Waals surface area contributed by atoms with Gasteiger partial charge >= 0.3 is 6.03 Å². The Hall–Kier alpha value is -1.06. The number of amides is 2. The molecule has 86 valence electrons. The summed E-state index contributed by atoms with van der Waals surface area (Å²) in [5.41, 5.74) is 4.90. The summed E-state index contributed by atoms with van der Waals surface area (Å²) in [5.74, 6) is 0.396. The van der Waals surface area contributed by atoms with Gasteiger partial charge in [-0.25, -0.2) is 4.79 Å². The van der Waals surface area contributed by atoms with Gasteiger partial charge < -0.3 is 10.6 Å². The van der Waals surface area contributed by atoms with Crippen molar-refractivity contribution in [3.8, 4) is 0 Å². The molecule has 0 atom stereocenters. The molecule has 0 aromatic heterocycles. The third-order valence-corrected chi connectivity index (χ3v) is 2.92. The lowest BCUT2D eigenvalue weighted by Gasteiger charge is -2.33. The van der Waals surface area contributed by atoms with E-state index in [1.807, 2.05) is 20.8 Å². The molecule has 0 aromatic rings. The first-order chi connectivity index (χ1) is 6.82. The van der Waals surface area contributed by atoms with Crippen molar-refractivity contribution in [1.82, 2.24) is 4.90 Å². The Morgan fingerprint density at radius 3 is 2.00 bits per heavy atom. The average molecular weight is 212 g/mol. The first kappa shape index (κ1) is 12.0. The number of piperidine rings is 1. The molecule has 1 aliphatic rings. The van der Waals surface area contributed by atoms with Crippen LogP contribution in [0.1, 0.15) is 33.6 Å². The number of likely N-dealkylation sites (tertiary alicyclic amines) is 1. The lowest BCUT2D eigenvalue weighted by atomic mass is 9.79. The lowest BCUT2D eigenvalue weighted by Crippen LogP contribution is -2.44. The standard InChI is InChI=1S/C11H20N2O2/c1-11(2,3)9(14)8-4-6-13(7-5-8)10(12)15/h8H,4-7H2,1-3H3,(H2,12,15). The van der Waals surface area contributed by atoms with Crippen molar-refractivity contribution in [3.05, 3.63) is 0 Å². The van der Waals surface area contributed by atoms with Crippen LogP contribution >= 0.6 is 0 Å². The molecular formula is C11H20N2O2. The second-order valence-electron chi connectivity index (χ2n) is 5.21. The van der Waals surface area contributed by atoms with Gasteiger partial charge in [-0.15, -0.1) is 0 Å². The molecule has 1 rings (SSSR count). The quantitative estimate of drug-likeness (QED) is 0.714. The Morgan fingerprint density at radius 2 is 1.67 bits per heavy atom. The lowest BCUT2D eigenvalue weighted by molar-refractivity contribution is -0.131. The van der Waals surface area contributed by atoms with Gasteiger partial charge in [0.15, 0.2) is 0 Å². The molecule has 4 heteroatoms. The van der Waals surface area contributed by atoms with Gasteiger partial charge in [-0.3, -0.25) is 4.79 Å². The second-order valence-corrected chi connectivity index (χ2v) is 5.21. The van der Waals surface area contributed by atoms with Gasteiger partial charge in [0.1, 0.15) is 5.78 Å². The predicted octanol–water partition coefficient (Wildman–Crippen LogP) is 1.39. The molecule has 1 aliphatic heterocycles. The molecule has 0 unspecified atom stereocenters. The fourth-order valence-corrected chi connectivity index (χ4v) is 1.97. The monoisotopic (exact) mass is 212 g/mol. The zero-order valence-corrected chi connectivity index (χ0v) is 9.75. The van der Waals surface area contributed by atoms with Gasteiger partial charge in [-0.2, -0.15) is 0 Å². The van der Waals surface area contributed by atoms with E-state index in [1.54, 1.807) is 4.90 Å². The third-order valence-electron chi connectivity index (χ3n) is 2.92. The number of rotatable bonds is 1. The van der Waals surface area contributed by atoms with Crippen molar-refractivity contribution < 1.29 is 9.59 Å². The first-order valence-corrected chi connectivity index (χ1v) is 5.41. The summed E-state index contributed by atoms with van der Waals surface area (Å²) in [7, 11) is 0. The Kier molecular flexibility index (Phi) is 3.37. The maximum absolute atomic E-state index is 12.0. The van der Waals surface area contributed by atoms with Gasteiger partial charge in [-0.1, -0.05) is 20.8 Å². The summed E-state index contributed by atoms with van der Waals surface area (Å²) in [6, 6.07) is -0.378. The number of urea groups is 1. The zero-order chi connectivity index (χ0) is 11.6. The topological polar surface area (TPSA) is 63.4 Å². The highest BCUT2D eigenvalue weighted by atomic mass is 16.2. The van der Waals surface area contributed by atoms with Crippen LogP contribution in [0.3, 0.4) is 0 Å². The van der Waals surface area contributed by atoms with E-state index < -0.39 is 0 Å². The van der Waals surface area contributed by atoms with Crippen LogP contribution in [0.15, 0.2) is 0 Å². The predicted molar refractivity (Wildman–Crippen MR) is 58.3 cm³/mol. The van der Waals surface area contributed by atoms with Crippen molar-refractivity contribution in [3.63, 3.8) is 0 Å². The normalized spacial score (nSPS) is 19.0. The summed E-state index contributed by atoms with van der Waals surface area (Å²) in [5, 5.41) is 0. The Balaban J connectivity index is 2.51. The minimum atomic E-state index is -0.378. The van der Waals surface area contributed by atoms with Crippen molar-refractivity contribution in [2.75, 3.05) is 13.1 Å². The maximum atomic E-state index is 12.0. The van der Waals surface area contributed by atoms with E-state index in [4.69, 9.17) is 5.73 Å². The number of hydrogen-bond donors (Lipinski definition) is 1. The van der Waals surface area contributed by atoms with E-state index in [0.29, 0.717) is 18.9 Å². The van der Waals surface area contributed by atoms with Crippen LogP contribution in [0.2, 0.25) is 0 Å². The number of nitrogens with two attached hydrogens (primary N) is 1. The molecule has 0 aromatic carbocycles. The van der Waals surface area contributed by atoms with E-state index in [1.165, 1.54) is 0 Å². The third kappa shape index (κ3) is 2.94. The largest absolute Gasteiger partial charge is 0.351 e. The van der Waals surface area contributed by atoms with Gasteiger partial charge in [0, 0.05) is 24.4 Å². The summed E-state index contributed by atoms with van der Waals surface area (Å²) in [6.45, 7) is 7.05. The summed E-state index contributed by atoms with van der Waals surface area (Å²) >= 11 is 0. The number of nitrogens with zero attached hydrogens (tertiary/aromatic N) is 1.